The standard InChI is InChI=1S/C15H23N3O2/c1-2-20-15(19)12-5-7-17(8-6-12)10-14-9-16-11-18(14)13-3-4-13/h9,11-13H,2-8,10H2,1H3. The zero-order valence-electron chi connectivity index (χ0n) is 12.1. The smallest absolute Gasteiger partial charge is 0.309 e. The fraction of sp³-hybridized carbons (Fsp3) is 0.733. The molecule has 0 atom stereocenters. The van der Waals surface area contributed by atoms with Crippen molar-refractivity contribution >= 4 is 5.97 Å². The largest absolute Gasteiger partial charge is 0.466 e. The number of rotatable bonds is 5. The van der Waals surface area contributed by atoms with E-state index < -0.39 is 0 Å². The van der Waals surface area contributed by atoms with E-state index in [1.54, 1.807) is 0 Å². The summed E-state index contributed by atoms with van der Waals surface area (Å²) in [4.78, 5) is 18.4. The maximum atomic E-state index is 11.7. The van der Waals surface area contributed by atoms with Crippen molar-refractivity contribution in [1.29, 1.82) is 0 Å². The van der Waals surface area contributed by atoms with Crippen LogP contribution in [0.15, 0.2) is 12.5 Å². The molecule has 5 nitrogen and oxygen atoms in total. The lowest BCUT2D eigenvalue weighted by Crippen LogP contribution is -2.36. The van der Waals surface area contributed by atoms with Crippen molar-refractivity contribution in [1.82, 2.24) is 14.5 Å². The molecule has 2 fully saturated rings. The Morgan fingerprint density at radius 2 is 2.10 bits per heavy atom. The Balaban J connectivity index is 1.51. The van der Waals surface area contributed by atoms with E-state index in [9.17, 15) is 4.79 Å². The van der Waals surface area contributed by atoms with Gasteiger partial charge in [-0.1, -0.05) is 0 Å². The second-order valence-corrected chi connectivity index (χ2v) is 5.83. The van der Waals surface area contributed by atoms with E-state index in [0.717, 1.165) is 32.5 Å². The van der Waals surface area contributed by atoms with Gasteiger partial charge in [0.05, 0.1) is 24.5 Å². The minimum atomic E-state index is -0.0184. The van der Waals surface area contributed by atoms with Crippen LogP contribution in [0.25, 0.3) is 0 Å². The van der Waals surface area contributed by atoms with E-state index in [1.165, 1.54) is 18.5 Å². The second-order valence-electron chi connectivity index (χ2n) is 5.83. The molecule has 0 N–H and O–H groups in total. The Morgan fingerprint density at radius 1 is 1.35 bits per heavy atom. The van der Waals surface area contributed by atoms with Gasteiger partial charge in [-0.15, -0.1) is 0 Å². The van der Waals surface area contributed by atoms with E-state index in [-0.39, 0.29) is 11.9 Å². The van der Waals surface area contributed by atoms with Crippen LogP contribution in [0.1, 0.15) is 44.3 Å². The van der Waals surface area contributed by atoms with Crippen LogP contribution in [-0.2, 0) is 16.1 Å². The highest BCUT2D eigenvalue weighted by molar-refractivity contribution is 5.72. The van der Waals surface area contributed by atoms with E-state index in [1.807, 2.05) is 19.4 Å². The zero-order valence-corrected chi connectivity index (χ0v) is 12.1. The summed E-state index contributed by atoms with van der Waals surface area (Å²) in [5, 5.41) is 0. The molecule has 20 heavy (non-hydrogen) atoms. The van der Waals surface area contributed by atoms with Crippen LogP contribution in [0.3, 0.4) is 0 Å². The third-order valence-electron chi connectivity index (χ3n) is 4.28. The summed E-state index contributed by atoms with van der Waals surface area (Å²) in [6, 6.07) is 0.685. The average molecular weight is 277 g/mol. The van der Waals surface area contributed by atoms with E-state index in [2.05, 4.69) is 14.5 Å². The fourth-order valence-electron chi connectivity index (χ4n) is 2.95. The van der Waals surface area contributed by atoms with Crippen LogP contribution in [0, 0.1) is 5.92 Å². The summed E-state index contributed by atoms with van der Waals surface area (Å²) in [6.07, 6.45) is 8.34. The highest BCUT2D eigenvalue weighted by Crippen LogP contribution is 2.36. The van der Waals surface area contributed by atoms with Gasteiger partial charge in [0.2, 0.25) is 0 Å². The molecule has 0 amide bonds. The molecule has 1 saturated carbocycles. The molecule has 2 aliphatic rings. The van der Waals surface area contributed by atoms with Gasteiger partial charge in [-0.3, -0.25) is 9.69 Å². The summed E-state index contributed by atoms with van der Waals surface area (Å²) < 4.78 is 7.43. The molecule has 0 bridgehead atoms. The van der Waals surface area contributed by atoms with Crippen LogP contribution in [0.2, 0.25) is 0 Å². The average Bonchev–Trinajstić information content (AvgIpc) is 3.20. The molecule has 1 saturated heterocycles. The van der Waals surface area contributed by atoms with Crippen LogP contribution in [0.5, 0.6) is 0 Å². The summed E-state index contributed by atoms with van der Waals surface area (Å²) in [7, 11) is 0. The fourth-order valence-corrected chi connectivity index (χ4v) is 2.95. The Kier molecular flexibility index (Phi) is 4.05. The number of aromatic nitrogens is 2. The van der Waals surface area contributed by atoms with Crippen molar-refractivity contribution < 1.29 is 9.53 Å². The van der Waals surface area contributed by atoms with E-state index in [4.69, 9.17) is 4.74 Å². The van der Waals surface area contributed by atoms with Gasteiger partial charge in [0.1, 0.15) is 0 Å². The van der Waals surface area contributed by atoms with Crippen LogP contribution in [-0.4, -0.2) is 40.1 Å². The molecule has 1 aliphatic heterocycles. The molecule has 3 rings (SSSR count). The van der Waals surface area contributed by atoms with Crippen molar-refractivity contribution in [3.05, 3.63) is 18.2 Å². The Hall–Kier alpha value is -1.36. The monoisotopic (exact) mass is 277 g/mol. The van der Waals surface area contributed by atoms with E-state index >= 15 is 0 Å². The maximum Gasteiger partial charge on any atom is 0.309 e. The molecular weight excluding hydrogens is 254 g/mol. The Morgan fingerprint density at radius 3 is 2.75 bits per heavy atom. The third-order valence-corrected chi connectivity index (χ3v) is 4.28. The Labute approximate surface area is 119 Å². The van der Waals surface area contributed by atoms with Crippen molar-refractivity contribution in [3.63, 3.8) is 0 Å². The molecule has 1 aromatic heterocycles. The lowest BCUT2D eigenvalue weighted by molar-refractivity contribution is -0.149. The van der Waals surface area contributed by atoms with Gasteiger partial charge in [0.25, 0.3) is 0 Å². The molecule has 2 heterocycles. The molecule has 0 aromatic carbocycles. The summed E-state index contributed by atoms with van der Waals surface area (Å²) in [5.74, 6) is 0.0784. The number of piperidine rings is 1. The number of imidazole rings is 1. The molecule has 0 unspecified atom stereocenters. The topological polar surface area (TPSA) is 47.4 Å². The number of ether oxygens (including phenoxy) is 1. The summed E-state index contributed by atoms with van der Waals surface area (Å²) >= 11 is 0. The normalized spacial score (nSPS) is 21.1. The van der Waals surface area contributed by atoms with Gasteiger partial charge in [-0.25, -0.2) is 4.98 Å². The number of hydrogen-bond donors (Lipinski definition) is 0. The second kappa shape index (κ2) is 5.95. The lowest BCUT2D eigenvalue weighted by atomic mass is 9.97. The molecule has 110 valence electrons. The number of carbonyl (C=O) groups excluding carboxylic acids is 1. The number of hydrogen-bond acceptors (Lipinski definition) is 4. The molecule has 0 spiro atoms. The zero-order chi connectivity index (χ0) is 13.9. The van der Waals surface area contributed by atoms with Crippen molar-refractivity contribution in [2.24, 2.45) is 5.92 Å². The quantitative estimate of drug-likeness (QED) is 0.772. The van der Waals surface area contributed by atoms with Crippen molar-refractivity contribution in [2.45, 2.75) is 45.2 Å². The molecule has 1 aromatic rings. The van der Waals surface area contributed by atoms with Crippen molar-refractivity contribution in [2.75, 3.05) is 19.7 Å². The predicted molar refractivity (Wildman–Crippen MR) is 75.1 cm³/mol. The van der Waals surface area contributed by atoms with Gasteiger partial charge >= 0.3 is 5.97 Å². The lowest BCUT2D eigenvalue weighted by Gasteiger charge is -2.30. The van der Waals surface area contributed by atoms with Gasteiger partial charge in [0, 0.05) is 18.8 Å². The van der Waals surface area contributed by atoms with Gasteiger partial charge < -0.3 is 9.30 Å². The van der Waals surface area contributed by atoms with Gasteiger partial charge in [-0.05, 0) is 45.7 Å². The highest BCUT2D eigenvalue weighted by atomic mass is 16.5. The predicted octanol–water partition coefficient (Wildman–Crippen LogP) is 1.99. The molecular formula is C15H23N3O2. The number of nitrogens with zero attached hydrogens (tertiary/aromatic N) is 3. The highest BCUT2D eigenvalue weighted by Gasteiger charge is 2.28. The Bertz CT molecular complexity index is 459. The minimum Gasteiger partial charge on any atom is -0.466 e. The molecule has 5 heteroatoms. The SMILES string of the molecule is CCOC(=O)C1CCN(Cc2cncn2C2CC2)CC1. The number of esters is 1. The summed E-state index contributed by atoms with van der Waals surface area (Å²) in [6.45, 7) is 5.25. The summed E-state index contributed by atoms with van der Waals surface area (Å²) in [5.41, 5.74) is 1.31. The maximum absolute atomic E-state index is 11.7. The first kappa shape index (κ1) is 13.6. The van der Waals surface area contributed by atoms with Crippen molar-refractivity contribution in [3.8, 4) is 0 Å². The number of carbonyl (C=O) groups is 1. The van der Waals surface area contributed by atoms with Gasteiger partial charge in [-0.2, -0.15) is 0 Å². The van der Waals surface area contributed by atoms with Crippen LogP contribution >= 0.6 is 0 Å². The third kappa shape index (κ3) is 3.03. The molecule has 0 radical (unpaired) electrons. The first-order valence-electron chi connectivity index (χ1n) is 7.67. The first-order chi connectivity index (χ1) is 9.78. The van der Waals surface area contributed by atoms with Crippen LogP contribution in [0.4, 0.5) is 0 Å². The van der Waals surface area contributed by atoms with E-state index in [0.29, 0.717) is 12.6 Å². The molecule has 1 aliphatic carbocycles. The first-order valence-corrected chi connectivity index (χ1v) is 7.67. The number of likely N-dealkylation sites (tertiary alicyclic amines) is 1. The van der Waals surface area contributed by atoms with Crippen LogP contribution < -0.4 is 0 Å². The minimum absolute atomic E-state index is 0.0184. The van der Waals surface area contributed by atoms with Gasteiger partial charge in [0.15, 0.2) is 0 Å².